The molecule has 0 aliphatic rings. The van der Waals surface area contributed by atoms with Gasteiger partial charge in [0, 0.05) is 6.67 Å². The van der Waals surface area contributed by atoms with Crippen LogP contribution in [0.4, 0.5) is 0 Å². The highest BCUT2D eigenvalue weighted by molar-refractivity contribution is 6.77. The molecule has 5 heteroatoms. The first-order valence-electron chi connectivity index (χ1n) is 9.17. The lowest BCUT2D eigenvalue weighted by Crippen LogP contribution is -2.53. The van der Waals surface area contributed by atoms with Gasteiger partial charge in [-0.3, -0.25) is 19.6 Å². The summed E-state index contributed by atoms with van der Waals surface area (Å²) in [6.45, 7) is 24.4. The Morgan fingerprint density at radius 1 is 0.591 bits per heavy atom. The summed E-state index contributed by atoms with van der Waals surface area (Å²) in [6.07, 6.45) is 2.57. The summed E-state index contributed by atoms with van der Waals surface area (Å²) in [6, 6.07) is 0. The standard InChI is InChI=1S/C17H42N4Si/c1-9-19(10-2)14-18(6)16-22(7,8)17-21(13-5)15-20(11-3)12-4/h9-17H2,1-8H3. The Balaban J connectivity index is 4.45. The summed E-state index contributed by atoms with van der Waals surface area (Å²) in [5, 5.41) is 0. The first-order chi connectivity index (χ1) is 10.3. The summed E-state index contributed by atoms with van der Waals surface area (Å²) in [5.74, 6) is 0. The van der Waals surface area contributed by atoms with Crippen molar-refractivity contribution in [2.24, 2.45) is 0 Å². The van der Waals surface area contributed by atoms with Gasteiger partial charge in [0.2, 0.25) is 0 Å². The molecule has 0 saturated heterocycles. The van der Waals surface area contributed by atoms with Gasteiger partial charge in [-0.25, -0.2) is 0 Å². The van der Waals surface area contributed by atoms with Crippen molar-refractivity contribution in [2.45, 2.75) is 47.7 Å². The molecule has 0 amide bonds. The van der Waals surface area contributed by atoms with Gasteiger partial charge >= 0.3 is 0 Å². The molecule has 0 atom stereocenters. The van der Waals surface area contributed by atoms with Crippen LogP contribution in [0.15, 0.2) is 0 Å². The first-order valence-corrected chi connectivity index (χ1v) is 12.6. The van der Waals surface area contributed by atoms with Gasteiger partial charge in [-0.15, -0.1) is 0 Å². The lowest BCUT2D eigenvalue weighted by molar-refractivity contribution is 0.159. The molecule has 0 aromatic carbocycles. The predicted octanol–water partition coefficient (Wildman–Crippen LogP) is 2.63. The van der Waals surface area contributed by atoms with Crippen molar-refractivity contribution in [3.8, 4) is 0 Å². The quantitative estimate of drug-likeness (QED) is 0.380. The molecule has 0 bridgehead atoms. The molecule has 0 aliphatic carbocycles. The van der Waals surface area contributed by atoms with Crippen LogP contribution in [0.2, 0.25) is 13.1 Å². The summed E-state index contributed by atoms with van der Waals surface area (Å²) in [5.41, 5.74) is 0. The molecule has 0 rings (SSSR count). The normalized spacial score (nSPS) is 13.1. The Kier molecular flexibility index (Phi) is 11.6. The Labute approximate surface area is 141 Å². The van der Waals surface area contributed by atoms with Crippen molar-refractivity contribution >= 4 is 8.07 Å². The minimum absolute atomic E-state index is 1.10. The largest absolute Gasteiger partial charge is 0.296 e. The second-order valence-electron chi connectivity index (χ2n) is 7.21. The van der Waals surface area contributed by atoms with Crippen LogP contribution in [0.1, 0.15) is 34.6 Å². The van der Waals surface area contributed by atoms with Crippen molar-refractivity contribution in [1.82, 2.24) is 19.6 Å². The predicted molar refractivity (Wildman–Crippen MR) is 103 cm³/mol. The lowest BCUT2D eigenvalue weighted by atomic mass is 10.5. The minimum atomic E-state index is -1.24. The van der Waals surface area contributed by atoms with E-state index in [0.29, 0.717) is 0 Å². The number of nitrogens with zero attached hydrogens (tertiary/aromatic N) is 4. The molecule has 4 nitrogen and oxygen atoms in total. The molecule has 0 saturated carbocycles. The fraction of sp³-hybridized carbons (Fsp3) is 1.00. The van der Waals surface area contributed by atoms with Gasteiger partial charge in [0.15, 0.2) is 0 Å². The van der Waals surface area contributed by atoms with Gasteiger partial charge in [0.05, 0.1) is 14.7 Å². The Morgan fingerprint density at radius 2 is 1.00 bits per heavy atom. The van der Waals surface area contributed by atoms with E-state index in [1.54, 1.807) is 0 Å². The molecule has 0 aliphatic heterocycles. The van der Waals surface area contributed by atoms with E-state index in [-0.39, 0.29) is 0 Å². The first kappa shape index (κ1) is 22.1. The Hall–Kier alpha value is 0.0569. The van der Waals surface area contributed by atoms with Crippen molar-refractivity contribution in [3.63, 3.8) is 0 Å². The molecule has 134 valence electrons. The Bertz CT molecular complexity index is 265. The zero-order chi connectivity index (χ0) is 17.2. The maximum Gasteiger partial charge on any atom is 0.0780 e. The minimum Gasteiger partial charge on any atom is -0.296 e. The average Bonchev–Trinajstić information content (AvgIpc) is 2.48. The maximum atomic E-state index is 2.64. The monoisotopic (exact) mass is 330 g/mol. The topological polar surface area (TPSA) is 13.0 Å². The summed E-state index contributed by atoms with van der Waals surface area (Å²) < 4.78 is 0. The molecular weight excluding hydrogens is 288 g/mol. The van der Waals surface area contributed by atoms with E-state index in [9.17, 15) is 0 Å². The molecule has 0 heterocycles. The Morgan fingerprint density at radius 3 is 1.41 bits per heavy atom. The van der Waals surface area contributed by atoms with E-state index in [4.69, 9.17) is 0 Å². The smallest absolute Gasteiger partial charge is 0.0780 e. The molecule has 0 N–H and O–H groups in total. The van der Waals surface area contributed by atoms with Gasteiger partial charge in [0.1, 0.15) is 0 Å². The van der Waals surface area contributed by atoms with Gasteiger partial charge in [0.25, 0.3) is 0 Å². The number of rotatable bonds is 13. The molecule has 0 spiro atoms. The van der Waals surface area contributed by atoms with E-state index < -0.39 is 8.07 Å². The highest BCUT2D eigenvalue weighted by Gasteiger charge is 2.26. The van der Waals surface area contributed by atoms with Crippen molar-refractivity contribution < 1.29 is 0 Å². The fourth-order valence-corrected chi connectivity index (χ4v) is 6.36. The van der Waals surface area contributed by atoms with Crippen LogP contribution in [0.25, 0.3) is 0 Å². The van der Waals surface area contributed by atoms with Crippen LogP contribution in [0.5, 0.6) is 0 Å². The van der Waals surface area contributed by atoms with Crippen LogP contribution in [-0.4, -0.2) is 93.1 Å². The summed E-state index contributed by atoms with van der Waals surface area (Å²) in [7, 11) is 1.05. The highest BCUT2D eigenvalue weighted by atomic mass is 28.3. The van der Waals surface area contributed by atoms with Crippen molar-refractivity contribution in [3.05, 3.63) is 0 Å². The molecular formula is C17H42N4Si. The van der Waals surface area contributed by atoms with Crippen LogP contribution in [0, 0.1) is 0 Å². The van der Waals surface area contributed by atoms with E-state index >= 15 is 0 Å². The second kappa shape index (κ2) is 11.6. The lowest BCUT2D eigenvalue weighted by Gasteiger charge is -2.37. The highest BCUT2D eigenvalue weighted by Crippen LogP contribution is 2.09. The third kappa shape index (κ3) is 9.25. The summed E-state index contributed by atoms with van der Waals surface area (Å²) in [4.78, 5) is 10.2. The molecule has 0 fully saturated rings. The third-order valence-electron chi connectivity index (χ3n) is 4.43. The van der Waals surface area contributed by atoms with Crippen LogP contribution >= 0.6 is 0 Å². The molecule has 22 heavy (non-hydrogen) atoms. The average molecular weight is 331 g/mol. The second-order valence-corrected chi connectivity index (χ2v) is 12.2. The van der Waals surface area contributed by atoms with Gasteiger partial charge in [-0.05, 0) is 52.1 Å². The van der Waals surface area contributed by atoms with Gasteiger partial charge in [-0.1, -0.05) is 47.7 Å². The van der Waals surface area contributed by atoms with Crippen molar-refractivity contribution in [2.75, 3.05) is 65.4 Å². The van der Waals surface area contributed by atoms with Crippen molar-refractivity contribution in [1.29, 1.82) is 0 Å². The SMILES string of the molecule is CCN(CC)CN(C)C[Si](C)(C)CN(CC)CN(CC)CC. The zero-order valence-electron chi connectivity index (χ0n) is 16.7. The van der Waals surface area contributed by atoms with Gasteiger partial charge < -0.3 is 0 Å². The molecule has 0 unspecified atom stereocenters. The zero-order valence-corrected chi connectivity index (χ0v) is 17.7. The van der Waals surface area contributed by atoms with Crippen LogP contribution in [-0.2, 0) is 0 Å². The van der Waals surface area contributed by atoms with Gasteiger partial charge in [-0.2, -0.15) is 0 Å². The fourth-order valence-electron chi connectivity index (χ4n) is 3.17. The molecule has 0 radical (unpaired) electrons. The van der Waals surface area contributed by atoms with E-state index in [0.717, 1.165) is 46.1 Å². The van der Waals surface area contributed by atoms with E-state index in [1.165, 1.54) is 12.3 Å². The number of hydrogen-bond acceptors (Lipinski definition) is 4. The molecule has 0 aromatic rings. The van der Waals surface area contributed by atoms with E-state index in [1.807, 2.05) is 0 Å². The summed E-state index contributed by atoms with van der Waals surface area (Å²) >= 11 is 0. The van der Waals surface area contributed by atoms with E-state index in [2.05, 4.69) is 74.4 Å². The molecule has 0 aromatic heterocycles. The van der Waals surface area contributed by atoms with Crippen LogP contribution in [0.3, 0.4) is 0 Å². The van der Waals surface area contributed by atoms with Crippen LogP contribution < -0.4 is 0 Å². The maximum absolute atomic E-state index is 2.64. The number of hydrogen-bond donors (Lipinski definition) is 0. The third-order valence-corrected chi connectivity index (χ3v) is 7.13.